The highest BCUT2D eigenvalue weighted by Crippen LogP contribution is 2.55. The van der Waals surface area contributed by atoms with E-state index in [4.69, 9.17) is 0 Å². The molecular formula is C6H3F9O2. The van der Waals surface area contributed by atoms with Crippen molar-refractivity contribution in [1.82, 2.24) is 0 Å². The van der Waals surface area contributed by atoms with E-state index in [1.807, 2.05) is 0 Å². The summed E-state index contributed by atoms with van der Waals surface area (Å²) in [7, 11) is 0. The van der Waals surface area contributed by atoms with Crippen molar-refractivity contribution >= 4 is 0 Å². The van der Waals surface area contributed by atoms with Crippen LogP contribution in [0, 0.1) is 0 Å². The van der Waals surface area contributed by atoms with Crippen LogP contribution in [0.3, 0.4) is 0 Å². The minimum absolute atomic E-state index is 2.57. The fraction of sp³-hybridized carbons (Fsp3) is 1.00. The second kappa shape index (κ2) is 3.64. The van der Waals surface area contributed by atoms with Gasteiger partial charge in [0.25, 0.3) is 12.2 Å². The number of halogens is 9. The van der Waals surface area contributed by atoms with Crippen molar-refractivity contribution in [2.24, 2.45) is 0 Å². The van der Waals surface area contributed by atoms with Crippen LogP contribution in [0.4, 0.5) is 39.5 Å². The van der Waals surface area contributed by atoms with Gasteiger partial charge >= 0.3 is 18.1 Å². The van der Waals surface area contributed by atoms with Crippen LogP contribution in [-0.4, -0.2) is 37.0 Å². The average Bonchev–Trinajstić information content (AvgIpc) is 2.39. The number of alkyl halides is 9. The third-order valence-electron chi connectivity index (χ3n) is 1.85. The molecular weight excluding hydrogens is 275 g/mol. The van der Waals surface area contributed by atoms with E-state index in [2.05, 4.69) is 9.47 Å². The van der Waals surface area contributed by atoms with E-state index in [9.17, 15) is 39.5 Å². The van der Waals surface area contributed by atoms with Gasteiger partial charge in [-0.15, -0.1) is 0 Å². The molecule has 2 nitrogen and oxygen atoms in total. The van der Waals surface area contributed by atoms with Gasteiger partial charge in [-0.25, -0.2) is 13.2 Å². The standard InChI is InChI=1S/C6H3F9O2/c7-1-3(9)2(8)16-4(17-3,5(10,11)12)6(13,14)15/h2H,1H2. The third kappa shape index (κ3) is 1.94. The molecule has 17 heavy (non-hydrogen) atoms. The minimum Gasteiger partial charge on any atom is -0.295 e. The van der Waals surface area contributed by atoms with Crippen molar-refractivity contribution in [1.29, 1.82) is 0 Å². The zero-order valence-electron chi connectivity index (χ0n) is 7.50. The Balaban J connectivity index is 3.24. The molecule has 2 unspecified atom stereocenters. The number of ether oxygens (including phenoxy) is 2. The Morgan fingerprint density at radius 2 is 1.41 bits per heavy atom. The summed E-state index contributed by atoms with van der Waals surface area (Å²) in [5.74, 6) is -9.97. The second-order valence-electron chi connectivity index (χ2n) is 3.07. The lowest BCUT2D eigenvalue weighted by Crippen LogP contribution is -2.58. The SMILES string of the molecule is FCC1(F)OC(C(F)(F)F)(C(F)(F)F)OC1F. The smallest absolute Gasteiger partial charge is 0.295 e. The Bertz CT molecular complexity index is 283. The van der Waals surface area contributed by atoms with Crippen LogP contribution in [0.15, 0.2) is 0 Å². The Morgan fingerprint density at radius 3 is 1.59 bits per heavy atom. The first-order valence-corrected chi connectivity index (χ1v) is 3.80. The van der Waals surface area contributed by atoms with Gasteiger partial charge in [0, 0.05) is 0 Å². The van der Waals surface area contributed by atoms with Gasteiger partial charge in [-0.05, 0) is 0 Å². The van der Waals surface area contributed by atoms with E-state index >= 15 is 0 Å². The number of hydrogen-bond acceptors (Lipinski definition) is 2. The molecule has 1 aliphatic heterocycles. The van der Waals surface area contributed by atoms with Crippen molar-refractivity contribution < 1.29 is 49.0 Å². The van der Waals surface area contributed by atoms with Gasteiger partial charge in [-0.2, -0.15) is 26.3 Å². The summed E-state index contributed by atoms with van der Waals surface area (Å²) < 4.78 is 116. The fourth-order valence-corrected chi connectivity index (χ4v) is 1.04. The lowest BCUT2D eigenvalue weighted by molar-refractivity contribution is -0.455. The van der Waals surface area contributed by atoms with E-state index in [0.29, 0.717) is 0 Å². The molecule has 0 aliphatic carbocycles. The first-order chi connectivity index (χ1) is 7.40. The number of hydrogen-bond donors (Lipinski definition) is 0. The molecule has 0 bridgehead atoms. The molecule has 0 saturated carbocycles. The molecule has 1 saturated heterocycles. The molecule has 0 aromatic rings. The summed E-state index contributed by atoms with van der Waals surface area (Å²) in [5.41, 5.74) is 0. The summed E-state index contributed by atoms with van der Waals surface area (Å²) in [4.78, 5) is 0. The average molecular weight is 278 g/mol. The van der Waals surface area contributed by atoms with Gasteiger partial charge < -0.3 is 0 Å². The van der Waals surface area contributed by atoms with Crippen LogP contribution in [-0.2, 0) is 9.47 Å². The quantitative estimate of drug-likeness (QED) is 0.687. The highest BCUT2D eigenvalue weighted by atomic mass is 19.4. The molecule has 0 aromatic heterocycles. The molecule has 102 valence electrons. The first kappa shape index (κ1) is 14.4. The largest absolute Gasteiger partial charge is 0.453 e. The van der Waals surface area contributed by atoms with Crippen molar-refractivity contribution in [3.63, 3.8) is 0 Å². The van der Waals surface area contributed by atoms with Crippen molar-refractivity contribution in [2.75, 3.05) is 6.67 Å². The van der Waals surface area contributed by atoms with E-state index in [-0.39, 0.29) is 0 Å². The Morgan fingerprint density at radius 1 is 1.00 bits per heavy atom. The molecule has 0 radical (unpaired) electrons. The van der Waals surface area contributed by atoms with Gasteiger partial charge in [-0.3, -0.25) is 9.47 Å². The Labute approximate surface area is 87.3 Å². The van der Waals surface area contributed by atoms with E-state index in [1.54, 1.807) is 0 Å². The van der Waals surface area contributed by atoms with Gasteiger partial charge in [0.15, 0.2) is 6.67 Å². The monoisotopic (exact) mass is 278 g/mol. The summed E-state index contributed by atoms with van der Waals surface area (Å²) in [6.45, 7) is -2.57. The first-order valence-electron chi connectivity index (χ1n) is 3.80. The lowest BCUT2D eigenvalue weighted by Gasteiger charge is -2.31. The normalized spacial score (nSPS) is 34.1. The zero-order valence-corrected chi connectivity index (χ0v) is 7.50. The van der Waals surface area contributed by atoms with Crippen molar-refractivity contribution in [3.05, 3.63) is 0 Å². The van der Waals surface area contributed by atoms with Crippen LogP contribution in [0.1, 0.15) is 0 Å². The van der Waals surface area contributed by atoms with Crippen LogP contribution >= 0.6 is 0 Å². The topological polar surface area (TPSA) is 18.5 Å². The van der Waals surface area contributed by atoms with Gasteiger partial charge in [-0.1, -0.05) is 0 Å². The van der Waals surface area contributed by atoms with Crippen molar-refractivity contribution in [3.8, 4) is 0 Å². The van der Waals surface area contributed by atoms with Crippen molar-refractivity contribution in [2.45, 2.75) is 30.4 Å². The van der Waals surface area contributed by atoms with E-state index in [0.717, 1.165) is 0 Å². The van der Waals surface area contributed by atoms with Crippen LogP contribution in [0.25, 0.3) is 0 Å². The molecule has 0 aromatic carbocycles. The molecule has 0 spiro atoms. The Kier molecular flexibility index (Phi) is 3.07. The molecule has 0 N–H and O–H groups in total. The van der Waals surface area contributed by atoms with Gasteiger partial charge in [0.2, 0.25) is 0 Å². The Hall–Kier alpha value is -0.710. The molecule has 1 rings (SSSR count). The highest BCUT2D eigenvalue weighted by Gasteiger charge is 2.82. The fourth-order valence-electron chi connectivity index (χ4n) is 1.04. The van der Waals surface area contributed by atoms with Crippen LogP contribution in [0.2, 0.25) is 0 Å². The molecule has 0 amide bonds. The predicted molar refractivity (Wildman–Crippen MR) is 31.7 cm³/mol. The van der Waals surface area contributed by atoms with Crippen LogP contribution in [0.5, 0.6) is 0 Å². The van der Waals surface area contributed by atoms with E-state index in [1.165, 1.54) is 0 Å². The summed E-state index contributed by atoms with van der Waals surface area (Å²) >= 11 is 0. The second-order valence-corrected chi connectivity index (χ2v) is 3.07. The van der Waals surface area contributed by atoms with Crippen LogP contribution < -0.4 is 0 Å². The summed E-state index contributed by atoms with van der Waals surface area (Å²) in [5, 5.41) is 0. The summed E-state index contributed by atoms with van der Waals surface area (Å²) in [6.07, 6.45) is -16.5. The lowest BCUT2D eigenvalue weighted by atomic mass is 10.2. The maximum atomic E-state index is 12.9. The minimum atomic E-state index is -6.32. The molecule has 2 atom stereocenters. The van der Waals surface area contributed by atoms with Gasteiger partial charge in [0.05, 0.1) is 0 Å². The zero-order chi connectivity index (χ0) is 13.7. The molecule has 1 aliphatic rings. The third-order valence-corrected chi connectivity index (χ3v) is 1.85. The number of rotatable bonds is 1. The highest BCUT2D eigenvalue weighted by molar-refractivity contribution is 4.96. The van der Waals surface area contributed by atoms with Gasteiger partial charge in [0.1, 0.15) is 0 Å². The molecule has 1 heterocycles. The maximum absolute atomic E-state index is 12.9. The maximum Gasteiger partial charge on any atom is 0.453 e. The molecule has 1 fully saturated rings. The van der Waals surface area contributed by atoms with E-state index < -0.39 is 37.0 Å². The predicted octanol–water partition coefficient (Wildman–Crippen LogP) is 2.79. The summed E-state index contributed by atoms with van der Waals surface area (Å²) in [6, 6.07) is 0. The molecule has 11 heteroatoms.